The largest absolute Gasteiger partial charge is 0.508 e. The Morgan fingerprint density at radius 2 is 1.61 bits per heavy atom. The topological polar surface area (TPSA) is 32.3 Å². The lowest BCUT2D eigenvalue weighted by molar-refractivity contribution is 0.469. The smallest absolute Gasteiger partial charge is 0.152 e. The molecule has 0 atom stereocenters. The fourth-order valence-corrected chi connectivity index (χ4v) is 1.56. The van der Waals surface area contributed by atoms with Crippen molar-refractivity contribution < 1.29 is 18.3 Å². The standard InChI is InChI=1S/C13H10F3NO/c14-9-5-10(15)13(11(16)6-9)17-7-8-3-1-2-4-12(8)18/h1-6,17-18H,7H2. The van der Waals surface area contributed by atoms with E-state index in [1.54, 1.807) is 18.2 Å². The van der Waals surface area contributed by atoms with E-state index in [-0.39, 0.29) is 12.3 Å². The van der Waals surface area contributed by atoms with E-state index in [2.05, 4.69) is 5.32 Å². The number of nitrogens with one attached hydrogen (secondary N) is 1. The Balaban J connectivity index is 2.19. The number of rotatable bonds is 3. The first-order valence-electron chi connectivity index (χ1n) is 5.23. The van der Waals surface area contributed by atoms with E-state index in [1.807, 2.05) is 0 Å². The zero-order valence-corrected chi connectivity index (χ0v) is 9.25. The molecule has 0 radical (unpaired) electrons. The van der Waals surface area contributed by atoms with Crippen molar-refractivity contribution in [2.45, 2.75) is 6.54 Å². The first kappa shape index (κ1) is 12.3. The molecule has 0 aromatic heterocycles. The van der Waals surface area contributed by atoms with Gasteiger partial charge in [0.25, 0.3) is 0 Å². The first-order valence-corrected chi connectivity index (χ1v) is 5.23. The molecule has 2 rings (SSSR count). The molecule has 0 spiro atoms. The molecule has 94 valence electrons. The van der Waals surface area contributed by atoms with Gasteiger partial charge in [-0.3, -0.25) is 0 Å². The van der Waals surface area contributed by atoms with E-state index in [1.165, 1.54) is 6.07 Å². The molecule has 0 amide bonds. The van der Waals surface area contributed by atoms with Gasteiger partial charge in [-0.25, -0.2) is 13.2 Å². The predicted octanol–water partition coefficient (Wildman–Crippen LogP) is 3.42. The molecule has 0 fully saturated rings. The minimum atomic E-state index is -1.01. The first-order chi connectivity index (χ1) is 8.58. The SMILES string of the molecule is Oc1ccccc1CNc1c(F)cc(F)cc1F. The van der Waals surface area contributed by atoms with Crippen LogP contribution in [-0.4, -0.2) is 5.11 Å². The Labute approximate surface area is 102 Å². The maximum atomic E-state index is 13.3. The van der Waals surface area contributed by atoms with Gasteiger partial charge in [0, 0.05) is 24.2 Å². The molecule has 0 bridgehead atoms. The second-order valence-electron chi connectivity index (χ2n) is 3.73. The van der Waals surface area contributed by atoms with Crippen LogP contribution in [0.1, 0.15) is 5.56 Å². The van der Waals surface area contributed by atoms with Gasteiger partial charge in [0.1, 0.15) is 17.3 Å². The molecular weight excluding hydrogens is 243 g/mol. The van der Waals surface area contributed by atoms with Crippen LogP contribution < -0.4 is 5.32 Å². The van der Waals surface area contributed by atoms with Crippen LogP contribution in [0.4, 0.5) is 18.9 Å². The van der Waals surface area contributed by atoms with E-state index in [9.17, 15) is 18.3 Å². The normalized spacial score (nSPS) is 10.4. The number of hydrogen-bond donors (Lipinski definition) is 2. The minimum Gasteiger partial charge on any atom is -0.508 e. The third kappa shape index (κ3) is 2.56. The fourth-order valence-electron chi connectivity index (χ4n) is 1.56. The molecule has 0 aliphatic rings. The molecule has 2 N–H and O–H groups in total. The number of halogens is 3. The van der Waals surface area contributed by atoms with Gasteiger partial charge >= 0.3 is 0 Å². The van der Waals surface area contributed by atoms with Crippen LogP contribution in [0.25, 0.3) is 0 Å². The summed E-state index contributed by atoms with van der Waals surface area (Å²) in [6, 6.07) is 7.59. The molecule has 2 aromatic rings. The number of aromatic hydroxyl groups is 1. The quantitative estimate of drug-likeness (QED) is 0.878. The van der Waals surface area contributed by atoms with Crippen LogP contribution in [0.3, 0.4) is 0 Å². The van der Waals surface area contributed by atoms with E-state index < -0.39 is 23.1 Å². The van der Waals surface area contributed by atoms with Gasteiger partial charge in [0.05, 0.1) is 0 Å². The predicted molar refractivity (Wildman–Crippen MR) is 61.7 cm³/mol. The highest BCUT2D eigenvalue weighted by molar-refractivity contribution is 5.47. The summed E-state index contributed by atoms with van der Waals surface area (Å²) in [5.41, 5.74) is 0.0697. The summed E-state index contributed by atoms with van der Waals surface area (Å²) in [7, 11) is 0. The summed E-state index contributed by atoms with van der Waals surface area (Å²) in [6.45, 7) is 0.0339. The molecule has 0 unspecified atom stereocenters. The minimum absolute atomic E-state index is 0.0212. The summed E-state index contributed by atoms with van der Waals surface area (Å²) >= 11 is 0. The van der Waals surface area contributed by atoms with Crippen molar-refractivity contribution in [2.75, 3.05) is 5.32 Å². The highest BCUT2D eigenvalue weighted by Crippen LogP contribution is 2.22. The van der Waals surface area contributed by atoms with Crippen molar-refractivity contribution in [1.82, 2.24) is 0 Å². The molecule has 2 aromatic carbocycles. The average Bonchev–Trinajstić information content (AvgIpc) is 2.30. The van der Waals surface area contributed by atoms with Gasteiger partial charge in [-0.15, -0.1) is 0 Å². The Morgan fingerprint density at radius 1 is 1.00 bits per heavy atom. The molecule has 0 saturated carbocycles. The summed E-state index contributed by atoms with van der Waals surface area (Å²) in [5.74, 6) is -2.98. The number of hydrogen-bond acceptors (Lipinski definition) is 2. The van der Waals surface area contributed by atoms with Crippen LogP contribution in [0.2, 0.25) is 0 Å². The van der Waals surface area contributed by atoms with Crippen LogP contribution >= 0.6 is 0 Å². The number of anilines is 1. The fraction of sp³-hybridized carbons (Fsp3) is 0.0769. The molecule has 5 heteroatoms. The highest BCUT2D eigenvalue weighted by atomic mass is 19.1. The zero-order valence-electron chi connectivity index (χ0n) is 9.25. The molecular formula is C13H10F3NO. The van der Waals surface area contributed by atoms with Gasteiger partial charge in [0.2, 0.25) is 0 Å². The second kappa shape index (κ2) is 5.00. The van der Waals surface area contributed by atoms with Gasteiger partial charge in [-0.05, 0) is 6.07 Å². The highest BCUT2D eigenvalue weighted by Gasteiger charge is 2.11. The van der Waals surface area contributed by atoms with E-state index in [4.69, 9.17) is 0 Å². The second-order valence-corrected chi connectivity index (χ2v) is 3.73. The molecule has 0 heterocycles. The maximum Gasteiger partial charge on any atom is 0.152 e. The molecule has 0 aliphatic carbocycles. The van der Waals surface area contributed by atoms with Crippen molar-refractivity contribution in [3.8, 4) is 5.75 Å². The van der Waals surface area contributed by atoms with E-state index >= 15 is 0 Å². The Kier molecular flexibility index (Phi) is 3.41. The summed E-state index contributed by atoms with van der Waals surface area (Å²) < 4.78 is 39.3. The van der Waals surface area contributed by atoms with Crippen molar-refractivity contribution >= 4 is 5.69 Å². The third-order valence-corrected chi connectivity index (χ3v) is 2.45. The number of para-hydroxylation sites is 1. The maximum absolute atomic E-state index is 13.3. The summed E-state index contributed by atoms with van der Waals surface area (Å²) in [5, 5.41) is 12.0. The molecule has 0 aliphatic heterocycles. The summed E-state index contributed by atoms with van der Waals surface area (Å²) in [6.07, 6.45) is 0. The summed E-state index contributed by atoms with van der Waals surface area (Å²) in [4.78, 5) is 0. The Morgan fingerprint density at radius 3 is 2.22 bits per heavy atom. The number of benzene rings is 2. The number of phenolic OH excluding ortho intramolecular Hbond substituents is 1. The van der Waals surface area contributed by atoms with E-state index in [0.29, 0.717) is 17.7 Å². The van der Waals surface area contributed by atoms with Gasteiger partial charge in [-0.2, -0.15) is 0 Å². The molecule has 18 heavy (non-hydrogen) atoms. The van der Waals surface area contributed by atoms with Crippen molar-refractivity contribution in [2.24, 2.45) is 0 Å². The Bertz CT molecular complexity index is 549. The van der Waals surface area contributed by atoms with Gasteiger partial charge in [-0.1, -0.05) is 18.2 Å². The van der Waals surface area contributed by atoms with Crippen LogP contribution in [0.15, 0.2) is 36.4 Å². The van der Waals surface area contributed by atoms with Crippen LogP contribution in [0.5, 0.6) is 5.75 Å². The van der Waals surface area contributed by atoms with Gasteiger partial charge in [0.15, 0.2) is 11.6 Å². The van der Waals surface area contributed by atoms with Crippen molar-refractivity contribution in [3.63, 3.8) is 0 Å². The third-order valence-electron chi connectivity index (χ3n) is 2.45. The Hall–Kier alpha value is -2.17. The number of phenols is 1. The van der Waals surface area contributed by atoms with Crippen LogP contribution in [-0.2, 0) is 6.54 Å². The average molecular weight is 253 g/mol. The van der Waals surface area contributed by atoms with Crippen LogP contribution in [0, 0.1) is 17.5 Å². The lowest BCUT2D eigenvalue weighted by Gasteiger charge is -2.10. The lowest BCUT2D eigenvalue weighted by atomic mass is 10.2. The van der Waals surface area contributed by atoms with Gasteiger partial charge < -0.3 is 10.4 Å². The monoisotopic (exact) mass is 253 g/mol. The zero-order chi connectivity index (χ0) is 13.1. The molecule has 0 saturated heterocycles. The van der Waals surface area contributed by atoms with Crippen molar-refractivity contribution in [3.05, 3.63) is 59.4 Å². The lowest BCUT2D eigenvalue weighted by Crippen LogP contribution is -2.04. The van der Waals surface area contributed by atoms with E-state index in [0.717, 1.165) is 0 Å². The van der Waals surface area contributed by atoms with Crippen molar-refractivity contribution in [1.29, 1.82) is 0 Å². The molecule has 2 nitrogen and oxygen atoms in total.